The molecule has 0 aliphatic carbocycles. The molecule has 0 unspecified atom stereocenters. The summed E-state index contributed by atoms with van der Waals surface area (Å²) in [5.74, 6) is 0. The lowest BCUT2D eigenvalue weighted by molar-refractivity contribution is 1.15. The second-order valence-corrected chi connectivity index (χ2v) is 11.6. The molecule has 0 spiro atoms. The Balaban J connectivity index is 1.30. The zero-order valence-corrected chi connectivity index (χ0v) is 25.9. The molecule has 0 aliphatic heterocycles. The molecule has 0 N–H and O–H groups in total. The van der Waals surface area contributed by atoms with E-state index < -0.39 is 184 Å². The number of fused-ring (bicyclic) bond motifs is 9. The second-order valence-electron chi connectivity index (χ2n) is 11.6. The Kier molecular flexibility index (Phi) is 2.86. The minimum Gasteiger partial charge on any atom is -0.309 e. The SMILES string of the molecule is [2H]c1c([2H])c([2H])c(-n2c3ccccc3c3ccc(-n4c5c([2H])c([2H])c([2H])c([2H])c5c5c([2H])c(-c6c([2H])c([2H])c7c(c6[2H])c6c([2H])c([2H])c([2H])c([2H])c6n7-c6c([2H])c([2H])c([2H])c([2H])c6[2H])c([2H])c([2H])c54)cc32)c([2H])c1[2H]. The van der Waals surface area contributed by atoms with Gasteiger partial charge in [-0.3, -0.25) is 0 Å². The van der Waals surface area contributed by atoms with Crippen LogP contribution < -0.4 is 0 Å². The third-order valence-electron chi connectivity index (χ3n) is 8.90. The summed E-state index contributed by atoms with van der Waals surface area (Å²) < 4.78 is 219. The summed E-state index contributed by atoms with van der Waals surface area (Å²) >= 11 is 0. The lowest BCUT2D eigenvalue weighted by atomic mass is 10.0. The van der Waals surface area contributed by atoms with Crippen molar-refractivity contribution in [2.24, 2.45) is 0 Å². The van der Waals surface area contributed by atoms with E-state index in [1.807, 2.05) is 0 Å². The number of aromatic nitrogens is 3. The largest absolute Gasteiger partial charge is 0.309 e. The Hall–Kier alpha value is -6.84. The molecule has 11 aromatic rings. The second kappa shape index (κ2) is 10.8. The summed E-state index contributed by atoms with van der Waals surface area (Å²) in [6, 6.07) is -6.58. The number of hydrogen-bond acceptors (Lipinski definition) is 0. The van der Waals surface area contributed by atoms with Gasteiger partial charge < -0.3 is 13.7 Å². The molecule has 51 heavy (non-hydrogen) atoms. The average molecular weight is 674 g/mol. The van der Waals surface area contributed by atoms with Gasteiger partial charge in [0.2, 0.25) is 0 Å². The maximum atomic E-state index is 9.93. The van der Waals surface area contributed by atoms with Crippen LogP contribution in [-0.4, -0.2) is 13.7 Å². The van der Waals surface area contributed by atoms with Crippen molar-refractivity contribution in [2.45, 2.75) is 0 Å². The molecule has 0 saturated heterocycles. The van der Waals surface area contributed by atoms with E-state index in [-0.39, 0.29) is 38.7 Å². The minimum absolute atomic E-state index is 0.0656. The van der Waals surface area contributed by atoms with E-state index in [1.54, 1.807) is 36.4 Å². The monoisotopic (exact) mass is 673 g/mol. The van der Waals surface area contributed by atoms with Gasteiger partial charge in [0.1, 0.15) is 0 Å². The Bertz CT molecular complexity index is 4470. The molecule has 0 saturated carbocycles. The molecule has 0 radical (unpaired) electrons. The lowest BCUT2D eigenvalue weighted by Crippen LogP contribution is -1.96. The van der Waals surface area contributed by atoms with Crippen LogP contribution in [0.2, 0.25) is 0 Å². The molecule has 3 heteroatoms. The molecular weight excluding hydrogens is 619 g/mol. The van der Waals surface area contributed by atoms with Gasteiger partial charge in [-0.2, -0.15) is 0 Å². The normalized spacial score (nSPS) is 18.5. The van der Waals surface area contributed by atoms with Crippen molar-refractivity contribution in [3.8, 4) is 28.2 Å². The predicted octanol–water partition coefficient (Wildman–Crippen LogP) is 12.6. The Morgan fingerprint density at radius 3 is 1.39 bits per heavy atom. The van der Waals surface area contributed by atoms with Gasteiger partial charge in [0.05, 0.1) is 66.0 Å². The number of benzene rings is 8. The molecule has 11 rings (SSSR count). The van der Waals surface area contributed by atoms with Gasteiger partial charge in [0.15, 0.2) is 0 Å². The first kappa shape index (κ1) is 13.5. The lowest BCUT2D eigenvalue weighted by Gasteiger charge is -2.11. The molecule has 0 fully saturated rings. The van der Waals surface area contributed by atoms with Crippen LogP contribution in [0, 0.1) is 0 Å². The summed E-state index contributed by atoms with van der Waals surface area (Å²) in [4.78, 5) is 0. The quantitative estimate of drug-likeness (QED) is 0.177. The summed E-state index contributed by atoms with van der Waals surface area (Å²) in [6.07, 6.45) is 0. The topological polar surface area (TPSA) is 14.8 Å². The molecule has 3 heterocycles. The molecule has 0 atom stereocenters. The predicted molar refractivity (Wildman–Crippen MR) is 215 cm³/mol. The number of nitrogens with zero attached hydrogens (tertiary/aromatic N) is 3. The van der Waals surface area contributed by atoms with Gasteiger partial charge in [-0.25, -0.2) is 0 Å². The molecule has 3 nitrogen and oxygen atoms in total. The number of para-hydroxylation sites is 5. The number of rotatable bonds is 4. The van der Waals surface area contributed by atoms with E-state index >= 15 is 0 Å². The van der Waals surface area contributed by atoms with Gasteiger partial charge in [0.25, 0.3) is 0 Å². The Labute approximate surface area is 328 Å². The first-order valence-electron chi connectivity index (χ1n) is 27.6. The van der Waals surface area contributed by atoms with Crippen molar-refractivity contribution in [3.63, 3.8) is 0 Å². The fraction of sp³-hybridized carbons (Fsp3) is 0. The molecular formula is C48H31N3. The van der Waals surface area contributed by atoms with Crippen molar-refractivity contribution >= 4 is 65.4 Å². The van der Waals surface area contributed by atoms with Gasteiger partial charge in [-0.05, 0) is 89.8 Å². The zero-order valence-electron chi connectivity index (χ0n) is 49.9. The molecule has 8 aromatic carbocycles. The van der Waals surface area contributed by atoms with Crippen molar-refractivity contribution in [2.75, 3.05) is 0 Å². The fourth-order valence-electron chi connectivity index (χ4n) is 6.81. The summed E-state index contributed by atoms with van der Waals surface area (Å²) in [6.45, 7) is 0. The highest BCUT2D eigenvalue weighted by Crippen LogP contribution is 2.40. The van der Waals surface area contributed by atoms with E-state index in [9.17, 15) is 11.0 Å². The fourth-order valence-corrected chi connectivity index (χ4v) is 6.81. The van der Waals surface area contributed by atoms with Gasteiger partial charge in [-0.1, -0.05) is 109 Å². The Morgan fingerprint density at radius 1 is 0.314 bits per heavy atom. The highest BCUT2D eigenvalue weighted by Gasteiger charge is 2.18. The van der Waals surface area contributed by atoms with Crippen LogP contribution >= 0.6 is 0 Å². The molecule has 0 amide bonds. The molecule has 238 valence electrons. The van der Waals surface area contributed by atoms with Crippen LogP contribution in [0.5, 0.6) is 0 Å². The molecule has 3 aromatic heterocycles. The van der Waals surface area contributed by atoms with Crippen molar-refractivity contribution < 1.29 is 32.9 Å². The smallest absolute Gasteiger partial charge is 0.0645 e. The first-order chi connectivity index (χ1) is 35.3. The van der Waals surface area contributed by atoms with Crippen molar-refractivity contribution in [3.05, 3.63) is 187 Å². The highest BCUT2D eigenvalue weighted by molar-refractivity contribution is 6.14. The van der Waals surface area contributed by atoms with E-state index in [2.05, 4.69) is 0 Å². The van der Waals surface area contributed by atoms with Crippen LogP contribution in [0.1, 0.15) is 32.9 Å². The summed E-state index contributed by atoms with van der Waals surface area (Å²) in [5.41, 5.74) is -3.17. The third-order valence-corrected chi connectivity index (χ3v) is 8.90. The van der Waals surface area contributed by atoms with Crippen molar-refractivity contribution in [1.82, 2.24) is 13.7 Å². The minimum atomic E-state index is -0.920. The van der Waals surface area contributed by atoms with E-state index in [4.69, 9.17) is 21.9 Å². The van der Waals surface area contributed by atoms with Crippen molar-refractivity contribution in [1.29, 1.82) is 0 Å². The summed E-state index contributed by atoms with van der Waals surface area (Å²) in [5, 5.41) is -0.567. The van der Waals surface area contributed by atoms with Crippen LogP contribution in [0.4, 0.5) is 0 Å². The van der Waals surface area contributed by atoms with Crippen LogP contribution in [0.15, 0.2) is 187 Å². The maximum Gasteiger partial charge on any atom is 0.0645 e. The Morgan fingerprint density at radius 2 is 0.784 bits per heavy atom. The molecule has 0 aliphatic rings. The third kappa shape index (κ3) is 4.12. The van der Waals surface area contributed by atoms with Crippen LogP contribution in [0.3, 0.4) is 0 Å². The molecule has 0 bridgehead atoms. The van der Waals surface area contributed by atoms with Gasteiger partial charge in [0, 0.05) is 49.4 Å². The highest BCUT2D eigenvalue weighted by atomic mass is 15.0. The van der Waals surface area contributed by atoms with Gasteiger partial charge >= 0.3 is 0 Å². The standard InChI is InChI=1S/C48H31N3/c1-3-13-34(14-4-1)49-44-21-11-8-18-38(44)41-29-32(23-27-46(41)49)33-24-28-47-42(30-33)39-19-9-12-22-45(39)51(47)36-25-26-40-37-17-7-10-20-43(37)50(48(40)31-36)35-15-5-2-6-16-35/h1-31H/i1D,2D,3D,4D,5D,6D,8D,9D,11D,12D,13D,14D,15D,16D,18D,19D,21D,22D,23D,24D,27D,28D,29D,30D. The summed E-state index contributed by atoms with van der Waals surface area (Å²) in [7, 11) is 0. The van der Waals surface area contributed by atoms with E-state index in [0.717, 1.165) is 4.57 Å². The van der Waals surface area contributed by atoms with Crippen LogP contribution in [-0.2, 0) is 0 Å². The van der Waals surface area contributed by atoms with Gasteiger partial charge in [-0.15, -0.1) is 0 Å². The number of hydrogen-bond donors (Lipinski definition) is 0. The zero-order chi connectivity index (χ0) is 54.4. The maximum absolute atomic E-state index is 9.93. The van der Waals surface area contributed by atoms with E-state index in [1.165, 1.54) is 15.2 Å². The van der Waals surface area contributed by atoms with E-state index in [0.29, 0.717) is 16.3 Å². The average Bonchev–Trinajstić information content (AvgIpc) is 4.12. The van der Waals surface area contributed by atoms with Crippen LogP contribution in [0.25, 0.3) is 93.6 Å². The first-order valence-corrected chi connectivity index (χ1v) is 15.6.